The van der Waals surface area contributed by atoms with Gasteiger partial charge in [-0.1, -0.05) is 30.3 Å². The van der Waals surface area contributed by atoms with E-state index in [4.69, 9.17) is 5.73 Å². The van der Waals surface area contributed by atoms with Gasteiger partial charge in [0.05, 0.1) is 0 Å². The Morgan fingerprint density at radius 2 is 1.50 bits per heavy atom. The van der Waals surface area contributed by atoms with Crippen LogP contribution in [0.4, 0.5) is 0 Å². The number of unbranched alkanes of at least 4 members (excludes halogenated alkanes) is 1. The molecule has 18 heavy (non-hydrogen) atoms. The monoisotopic (exact) mass is 271 g/mol. The van der Waals surface area contributed by atoms with Gasteiger partial charge in [0.1, 0.15) is 0 Å². The summed E-state index contributed by atoms with van der Waals surface area (Å²) in [6, 6.07) is 10.5. The molecule has 0 amide bonds. The Balaban J connectivity index is 0.00000289. The van der Waals surface area contributed by atoms with E-state index in [9.17, 15) is 0 Å². The van der Waals surface area contributed by atoms with Gasteiger partial charge in [-0.05, 0) is 51.0 Å². The predicted molar refractivity (Wildman–Crippen MR) is 81.2 cm³/mol. The van der Waals surface area contributed by atoms with E-state index in [0.29, 0.717) is 0 Å². The molecule has 0 saturated carbocycles. The number of halogens is 1. The third-order valence-electron chi connectivity index (χ3n) is 2.69. The first-order valence-electron chi connectivity index (χ1n) is 6.59. The first kappa shape index (κ1) is 17.4. The molecular formula is C14H26ClN3. The lowest BCUT2D eigenvalue weighted by molar-refractivity contribution is 0.576. The maximum Gasteiger partial charge on any atom is 0.0205 e. The van der Waals surface area contributed by atoms with E-state index < -0.39 is 0 Å². The quantitative estimate of drug-likeness (QED) is 0.570. The number of benzene rings is 1. The lowest BCUT2D eigenvalue weighted by Crippen LogP contribution is -2.22. The van der Waals surface area contributed by atoms with Gasteiger partial charge in [-0.25, -0.2) is 0 Å². The van der Waals surface area contributed by atoms with Crippen molar-refractivity contribution in [3.8, 4) is 0 Å². The summed E-state index contributed by atoms with van der Waals surface area (Å²) >= 11 is 0. The van der Waals surface area contributed by atoms with Crippen LogP contribution in [0.3, 0.4) is 0 Å². The molecule has 104 valence electrons. The Hall–Kier alpha value is -0.610. The van der Waals surface area contributed by atoms with Gasteiger partial charge in [-0.15, -0.1) is 12.4 Å². The average Bonchev–Trinajstić information content (AvgIpc) is 2.38. The van der Waals surface area contributed by atoms with E-state index in [1.54, 1.807) is 0 Å². The largest absolute Gasteiger partial charge is 0.330 e. The fourth-order valence-electron chi connectivity index (χ4n) is 1.69. The molecule has 0 atom stereocenters. The topological polar surface area (TPSA) is 50.1 Å². The second-order valence-electron chi connectivity index (χ2n) is 4.26. The van der Waals surface area contributed by atoms with Crippen molar-refractivity contribution in [2.75, 3.05) is 26.2 Å². The van der Waals surface area contributed by atoms with Crippen molar-refractivity contribution in [2.24, 2.45) is 5.73 Å². The van der Waals surface area contributed by atoms with Crippen LogP contribution in [-0.2, 0) is 6.54 Å². The van der Waals surface area contributed by atoms with Gasteiger partial charge < -0.3 is 16.4 Å². The number of nitrogens with one attached hydrogen (secondary N) is 2. The van der Waals surface area contributed by atoms with E-state index in [1.807, 2.05) is 0 Å². The molecule has 0 radical (unpaired) electrons. The smallest absolute Gasteiger partial charge is 0.0205 e. The zero-order valence-corrected chi connectivity index (χ0v) is 11.8. The van der Waals surface area contributed by atoms with E-state index in [1.165, 1.54) is 18.4 Å². The number of rotatable bonds is 10. The molecule has 0 saturated heterocycles. The van der Waals surface area contributed by atoms with Crippen molar-refractivity contribution >= 4 is 12.4 Å². The molecule has 1 aromatic carbocycles. The second kappa shape index (κ2) is 12.8. The predicted octanol–water partition coefficient (Wildman–Crippen LogP) is 1.92. The Kier molecular flexibility index (Phi) is 12.4. The van der Waals surface area contributed by atoms with Crippen LogP contribution in [0, 0.1) is 0 Å². The number of hydrogen-bond donors (Lipinski definition) is 3. The maximum atomic E-state index is 5.43. The Morgan fingerprint density at radius 1 is 0.833 bits per heavy atom. The molecule has 0 aromatic heterocycles. The summed E-state index contributed by atoms with van der Waals surface area (Å²) in [4.78, 5) is 0. The third kappa shape index (κ3) is 9.42. The Labute approximate surface area is 117 Å². The summed E-state index contributed by atoms with van der Waals surface area (Å²) in [5, 5.41) is 6.87. The summed E-state index contributed by atoms with van der Waals surface area (Å²) in [6.07, 6.45) is 3.49. The molecule has 3 nitrogen and oxygen atoms in total. The molecule has 1 aromatic rings. The van der Waals surface area contributed by atoms with Crippen molar-refractivity contribution in [2.45, 2.75) is 25.8 Å². The van der Waals surface area contributed by atoms with Gasteiger partial charge in [-0.3, -0.25) is 0 Å². The van der Waals surface area contributed by atoms with Gasteiger partial charge in [0.15, 0.2) is 0 Å². The average molecular weight is 272 g/mol. The molecule has 0 aliphatic rings. The first-order chi connectivity index (χ1) is 8.43. The molecule has 0 unspecified atom stereocenters. The van der Waals surface area contributed by atoms with Crippen LogP contribution in [-0.4, -0.2) is 26.2 Å². The standard InChI is InChI=1S/C14H25N3.ClH/c15-9-4-5-10-16-11-6-12-17-13-14-7-2-1-3-8-14;/h1-3,7-8,16-17H,4-6,9-13,15H2;1H. The number of hydrogen-bond acceptors (Lipinski definition) is 3. The van der Waals surface area contributed by atoms with Crippen LogP contribution in [0.1, 0.15) is 24.8 Å². The van der Waals surface area contributed by atoms with Crippen molar-refractivity contribution < 1.29 is 0 Å². The van der Waals surface area contributed by atoms with Gasteiger partial charge >= 0.3 is 0 Å². The molecule has 4 N–H and O–H groups in total. The van der Waals surface area contributed by atoms with Crippen LogP contribution >= 0.6 is 12.4 Å². The van der Waals surface area contributed by atoms with Gasteiger partial charge in [0, 0.05) is 6.54 Å². The summed E-state index contributed by atoms with van der Waals surface area (Å²) in [5.74, 6) is 0. The summed E-state index contributed by atoms with van der Waals surface area (Å²) in [5.41, 5.74) is 6.78. The van der Waals surface area contributed by atoms with Crippen LogP contribution in [0.15, 0.2) is 30.3 Å². The highest BCUT2D eigenvalue weighted by Crippen LogP contribution is 1.96. The zero-order chi connectivity index (χ0) is 12.2. The molecule has 1 rings (SSSR count). The summed E-state index contributed by atoms with van der Waals surface area (Å²) in [6.45, 7) is 5.02. The van der Waals surface area contributed by atoms with Crippen molar-refractivity contribution in [3.05, 3.63) is 35.9 Å². The summed E-state index contributed by atoms with van der Waals surface area (Å²) < 4.78 is 0. The Morgan fingerprint density at radius 3 is 2.22 bits per heavy atom. The lowest BCUT2D eigenvalue weighted by Gasteiger charge is -2.06. The molecule has 0 heterocycles. The zero-order valence-electron chi connectivity index (χ0n) is 11.0. The van der Waals surface area contributed by atoms with Gasteiger partial charge in [-0.2, -0.15) is 0 Å². The van der Waals surface area contributed by atoms with Gasteiger partial charge in [0.2, 0.25) is 0 Å². The second-order valence-corrected chi connectivity index (χ2v) is 4.26. The fraction of sp³-hybridized carbons (Fsp3) is 0.571. The maximum absolute atomic E-state index is 5.43. The van der Waals surface area contributed by atoms with E-state index >= 15 is 0 Å². The minimum Gasteiger partial charge on any atom is -0.330 e. The first-order valence-corrected chi connectivity index (χ1v) is 6.59. The van der Waals surface area contributed by atoms with Crippen LogP contribution < -0.4 is 16.4 Å². The SMILES string of the molecule is Cl.NCCCCNCCCNCc1ccccc1. The van der Waals surface area contributed by atoms with Crippen molar-refractivity contribution in [1.29, 1.82) is 0 Å². The lowest BCUT2D eigenvalue weighted by atomic mass is 10.2. The number of nitrogens with two attached hydrogens (primary N) is 1. The molecule has 0 aliphatic heterocycles. The fourth-order valence-corrected chi connectivity index (χ4v) is 1.69. The molecule has 0 bridgehead atoms. The molecule has 4 heteroatoms. The van der Waals surface area contributed by atoms with Gasteiger partial charge in [0.25, 0.3) is 0 Å². The van der Waals surface area contributed by atoms with Crippen LogP contribution in [0.25, 0.3) is 0 Å². The highest BCUT2D eigenvalue weighted by molar-refractivity contribution is 5.85. The third-order valence-corrected chi connectivity index (χ3v) is 2.69. The molecule has 0 spiro atoms. The molecule has 0 aliphatic carbocycles. The minimum atomic E-state index is 0. The molecule has 0 fully saturated rings. The van der Waals surface area contributed by atoms with Crippen LogP contribution in [0.2, 0.25) is 0 Å². The molecular weight excluding hydrogens is 246 g/mol. The van der Waals surface area contributed by atoms with Crippen LogP contribution in [0.5, 0.6) is 0 Å². The normalized spacial score (nSPS) is 10.1. The minimum absolute atomic E-state index is 0. The Bertz CT molecular complexity index is 267. The van der Waals surface area contributed by atoms with E-state index in [2.05, 4.69) is 41.0 Å². The summed E-state index contributed by atoms with van der Waals surface area (Å²) in [7, 11) is 0. The highest BCUT2D eigenvalue weighted by Gasteiger charge is 1.91. The van der Waals surface area contributed by atoms with Crippen molar-refractivity contribution in [3.63, 3.8) is 0 Å². The van der Waals surface area contributed by atoms with E-state index in [-0.39, 0.29) is 12.4 Å². The van der Waals surface area contributed by atoms with E-state index in [0.717, 1.165) is 39.1 Å². The van der Waals surface area contributed by atoms with Crippen molar-refractivity contribution in [1.82, 2.24) is 10.6 Å². The highest BCUT2D eigenvalue weighted by atomic mass is 35.5.